The summed E-state index contributed by atoms with van der Waals surface area (Å²) >= 11 is 1.69. The second-order valence-electron chi connectivity index (χ2n) is 4.13. The van der Waals surface area contributed by atoms with Crippen molar-refractivity contribution in [3.05, 3.63) is 47.2 Å². The minimum Gasteiger partial charge on any atom is -0.392 e. The third kappa shape index (κ3) is 1.79. The molecular formula is C14H12N2OS. The minimum atomic E-state index is 0.0602. The first-order valence-electron chi connectivity index (χ1n) is 5.68. The number of aromatic nitrogens is 2. The lowest BCUT2D eigenvalue weighted by Crippen LogP contribution is -1.90. The van der Waals surface area contributed by atoms with Crippen LogP contribution in [0.25, 0.3) is 21.3 Å². The third-order valence-electron chi connectivity index (χ3n) is 2.96. The molecule has 90 valence electrons. The van der Waals surface area contributed by atoms with Gasteiger partial charge in [-0.15, -0.1) is 11.3 Å². The lowest BCUT2D eigenvalue weighted by atomic mass is 10.1. The number of hydrogen-bond acceptors (Lipinski definition) is 4. The smallest absolute Gasteiger partial charge is 0.0928 e. The molecule has 0 saturated heterocycles. The number of rotatable bonds is 2. The Balaban J connectivity index is 2.26. The molecule has 0 amide bonds. The van der Waals surface area contributed by atoms with Gasteiger partial charge in [-0.2, -0.15) is 0 Å². The number of aryl methyl sites for hydroxylation is 1. The fourth-order valence-corrected chi connectivity index (χ4v) is 2.96. The largest absolute Gasteiger partial charge is 0.392 e. The van der Waals surface area contributed by atoms with Gasteiger partial charge in [0.15, 0.2) is 0 Å². The van der Waals surface area contributed by atoms with Crippen LogP contribution in [0.15, 0.2) is 36.0 Å². The molecule has 0 atom stereocenters. The van der Waals surface area contributed by atoms with Crippen molar-refractivity contribution in [1.82, 2.24) is 9.97 Å². The van der Waals surface area contributed by atoms with Crippen LogP contribution < -0.4 is 0 Å². The molecule has 4 heteroatoms. The van der Waals surface area contributed by atoms with Crippen LogP contribution in [0.3, 0.4) is 0 Å². The molecule has 18 heavy (non-hydrogen) atoms. The molecule has 0 aliphatic carbocycles. The van der Waals surface area contributed by atoms with Crippen molar-refractivity contribution in [2.24, 2.45) is 0 Å². The van der Waals surface area contributed by atoms with Crippen LogP contribution in [0.5, 0.6) is 0 Å². The van der Waals surface area contributed by atoms with Gasteiger partial charge in [-0.05, 0) is 24.6 Å². The number of benzene rings is 1. The average molecular weight is 256 g/mol. The predicted molar refractivity (Wildman–Crippen MR) is 73.5 cm³/mol. The van der Waals surface area contributed by atoms with E-state index in [4.69, 9.17) is 0 Å². The molecular weight excluding hydrogens is 244 g/mol. The zero-order chi connectivity index (χ0) is 12.5. The third-order valence-corrected chi connectivity index (χ3v) is 3.92. The Morgan fingerprint density at radius 1 is 1.22 bits per heavy atom. The van der Waals surface area contributed by atoms with Gasteiger partial charge in [0, 0.05) is 33.4 Å². The van der Waals surface area contributed by atoms with Crippen molar-refractivity contribution in [2.75, 3.05) is 0 Å². The molecule has 3 nitrogen and oxygen atoms in total. The Bertz CT molecular complexity index is 706. The lowest BCUT2D eigenvalue weighted by Gasteiger charge is -2.03. The summed E-state index contributed by atoms with van der Waals surface area (Å²) < 4.78 is 1.20. The molecule has 3 aromatic rings. The standard InChI is InChI=1S/C14H12N2OS/c1-9-14(16-5-4-15-9)12-8-18-13-3-2-10(7-17)6-11(12)13/h2-6,8,17H,7H2,1H3. The fourth-order valence-electron chi connectivity index (χ4n) is 2.03. The number of aliphatic hydroxyl groups excluding tert-OH is 1. The van der Waals surface area contributed by atoms with Crippen molar-refractivity contribution in [3.63, 3.8) is 0 Å². The van der Waals surface area contributed by atoms with Crippen molar-refractivity contribution < 1.29 is 5.11 Å². The predicted octanol–water partition coefficient (Wildman–Crippen LogP) is 3.16. The van der Waals surface area contributed by atoms with E-state index in [-0.39, 0.29) is 6.61 Å². The highest BCUT2D eigenvalue weighted by Gasteiger charge is 2.10. The number of hydrogen-bond donors (Lipinski definition) is 1. The van der Waals surface area contributed by atoms with Crippen molar-refractivity contribution in [1.29, 1.82) is 0 Å². The van der Waals surface area contributed by atoms with E-state index in [9.17, 15) is 5.11 Å². The molecule has 0 unspecified atom stereocenters. The number of aliphatic hydroxyl groups is 1. The average Bonchev–Trinajstić information content (AvgIpc) is 2.82. The molecule has 2 aromatic heterocycles. The van der Waals surface area contributed by atoms with Gasteiger partial charge >= 0.3 is 0 Å². The normalized spacial score (nSPS) is 11.0. The number of fused-ring (bicyclic) bond motifs is 1. The Morgan fingerprint density at radius 3 is 2.83 bits per heavy atom. The topological polar surface area (TPSA) is 46.0 Å². The summed E-state index contributed by atoms with van der Waals surface area (Å²) in [4.78, 5) is 8.69. The van der Waals surface area contributed by atoms with Gasteiger partial charge in [-0.25, -0.2) is 0 Å². The number of thiophene rings is 1. The summed E-state index contributed by atoms with van der Waals surface area (Å²) in [5, 5.41) is 12.5. The van der Waals surface area contributed by atoms with Gasteiger partial charge in [-0.1, -0.05) is 6.07 Å². The van der Waals surface area contributed by atoms with Gasteiger partial charge < -0.3 is 5.11 Å². The summed E-state index contributed by atoms with van der Waals surface area (Å²) in [6, 6.07) is 6.02. The Morgan fingerprint density at radius 2 is 2.06 bits per heavy atom. The zero-order valence-corrected chi connectivity index (χ0v) is 10.7. The van der Waals surface area contributed by atoms with Gasteiger partial charge in [0.05, 0.1) is 18.0 Å². The summed E-state index contributed by atoms with van der Waals surface area (Å²) in [6.45, 7) is 2.02. The van der Waals surface area contributed by atoms with E-state index in [0.717, 1.165) is 27.9 Å². The van der Waals surface area contributed by atoms with Crippen molar-refractivity contribution >= 4 is 21.4 Å². The maximum Gasteiger partial charge on any atom is 0.0928 e. The van der Waals surface area contributed by atoms with Crippen LogP contribution in [0.4, 0.5) is 0 Å². The van der Waals surface area contributed by atoms with Gasteiger partial charge in [0.1, 0.15) is 0 Å². The fraction of sp³-hybridized carbons (Fsp3) is 0.143. The van der Waals surface area contributed by atoms with E-state index in [0.29, 0.717) is 0 Å². The first-order chi connectivity index (χ1) is 8.79. The van der Waals surface area contributed by atoms with Crippen LogP contribution in [0.1, 0.15) is 11.3 Å². The van der Waals surface area contributed by atoms with Crippen molar-refractivity contribution in [3.8, 4) is 11.3 Å². The maximum atomic E-state index is 9.23. The Labute approximate surface area is 109 Å². The van der Waals surface area contributed by atoms with Crippen molar-refractivity contribution in [2.45, 2.75) is 13.5 Å². The van der Waals surface area contributed by atoms with Crippen LogP contribution in [-0.4, -0.2) is 15.1 Å². The van der Waals surface area contributed by atoms with E-state index >= 15 is 0 Å². The molecule has 0 radical (unpaired) electrons. The first kappa shape index (κ1) is 11.3. The molecule has 0 spiro atoms. The van der Waals surface area contributed by atoms with Gasteiger partial charge in [0.25, 0.3) is 0 Å². The van der Waals surface area contributed by atoms with E-state index in [1.807, 2.05) is 25.1 Å². The molecule has 0 aliphatic heterocycles. The second-order valence-corrected chi connectivity index (χ2v) is 5.04. The van der Waals surface area contributed by atoms with E-state index in [1.54, 1.807) is 23.7 Å². The second kappa shape index (κ2) is 4.48. The SMILES string of the molecule is Cc1nccnc1-c1csc2ccc(CO)cc12. The molecule has 1 N–H and O–H groups in total. The number of nitrogens with zero attached hydrogens (tertiary/aromatic N) is 2. The highest BCUT2D eigenvalue weighted by molar-refractivity contribution is 7.17. The van der Waals surface area contributed by atoms with Gasteiger partial charge in [0.2, 0.25) is 0 Å². The monoisotopic (exact) mass is 256 g/mol. The van der Waals surface area contributed by atoms with E-state index in [1.165, 1.54) is 4.70 Å². The molecule has 0 saturated carbocycles. The summed E-state index contributed by atoms with van der Waals surface area (Å²) in [6.07, 6.45) is 3.41. The minimum absolute atomic E-state index is 0.0602. The summed E-state index contributed by atoms with van der Waals surface area (Å²) in [7, 11) is 0. The highest BCUT2D eigenvalue weighted by Crippen LogP contribution is 2.34. The van der Waals surface area contributed by atoms with Gasteiger partial charge in [-0.3, -0.25) is 9.97 Å². The quantitative estimate of drug-likeness (QED) is 0.766. The summed E-state index contributed by atoms with van der Waals surface area (Å²) in [5.74, 6) is 0. The molecule has 0 fully saturated rings. The van der Waals surface area contributed by atoms with Crippen LogP contribution >= 0.6 is 11.3 Å². The first-order valence-corrected chi connectivity index (χ1v) is 6.56. The molecule has 0 bridgehead atoms. The van der Waals surface area contributed by atoms with E-state index in [2.05, 4.69) is 15.3 Å². The molecule has 3 rings (SSSR count). The Kier molecular flexibility index (Phi) is 2.81. The maximum absolute atomic E-state index is 9.23. The zero-order valence-electron chi connectivity index (χ0n) is 9.92. The summed E-state index contributed by atoms with van der Waals surface area (Å²) in [5.41, 5.74) is 3.85. The Hall–Kier alpha value is -1.78. The van der Waals surface area contributed by atoms with Crippen LogP contribution in [0.2, 0.25) is 0 Å². The molecule has 0 aliphatic rings. The van der Waals surface area contributed by atoms with E-state index < -0.39 is 0 Å². The highest BCUT2D eigenvalue weighted by atomic mass is 32.1. The van der Waals surface area contributed by atoms with Crippen LogP contribution in [-0.2, 0) is 6.61 Å². The molecule has 1 aromatic carbocycles. The lowest BCUT2D eigenvalue weighted by molar-refractivity contribution is 0.282. The van der Waals surface area contributed by atoms with Crippen LogP contribution in [0, 0.1) is 6.92 Å². The molecule has 2 heterocycles.